The molecule has 0 spiro atoms. The third-order valence-corrected chi connectivity index (χ3v) is 10.3. The number of nitrogens with one attached hydrogen (secondary N) is 1. The highest BCUT2D eigenvalue weighted by molar-refractivity contribution is 7.92. The summed E-state index contributed by atoms with van der Waals surface area (Å²) in [5, 5.41) is 19.8. The van der Waals surface area contributed by atoms with Crippen LogP contribution in [0.5, 0.6) is 5.88 Å². The van der Waals surface area contributed by atoms with Gasteiger partial charge in [-0.25, -0.2) is 17.9 Å². The highest BCUT2D eigenvalue weighted by Crippen LogP contribution is 2.36. The molecule has 0 bridgehead atoms. The lowest BCUT2D eigenvalue weighted by atomic mass is 9.93. The van der Waals surface area contributed by atoms with Gasteiger partial charge in [-0.15, -0.1) is 0 Å². The molecular weight excluding hydrogens is 638 g/mol. The number of nitrogens with zero attached hydrogens (tertiary/aromatic N) is 9. The zero-order chi connectivity index (χ0) is 33.4. The van der Waals surface area contributed by atoms with Gasteiger partial charge < -0.3 is 30.4 Å². The first-order chi connectivity index (χ1) is 23.2. The Morgan fingerprint density at radius 3 is 2.62 bits per heavy atom. The van der Waals surface area contributed by atoms with Gasteiger partial charge in [0.05, 0.1) is 66.4 Å². The molecule has 16 nitrogen and oxygen atoms in total. The second-order valence-electron chi connectivity index (χ2n) is 12.3. The molecule has 5 aromatic rings. The number of rotatable bonds is 10. The minimum absolute atomic E-state index is 0.0891. The second-order valence-corrected chi connectivity index (χ2v) is 14.1. The van der Waals surface area contributed by atoms with Crippen LogP contribution in [0, 0.1) is 5.21 Å². The molecule has 1 unspecified atom stereocenters. The Balaban J connectivity index is 1.17. The molecule has 1 aliphatic carbocycles. The summed E-state index contributed by atoms with van der Waals surface area (Å²) in [4.78, 5) is 20.6. The van der Waals surface area contributed by atoms with Crippen LogP contribution < -0.4 is 24.7 Å². The molecule has 7 rings (SSSR count). The number of sulfonamides is 1. The minimum atomic E-state index is -3.79. The number of anilines is 3. The number of imidazole rings is 1. The van der Waals surface area contributed by atoms with Gasteiger partial charge in [-0.2, -0.15) is 15.1 Å². The number of ether oxygens (including phenoxy) is 2. The van der Waals surface area contributed by atoms with Crippen molar-refractivity contribution in [3.63, 3.8) is 0 Å². The maximum Gasteiger partial charge on any atom is 0.305 e. The summed E-state index contributed by atoms with van der Waals surface area (Å²) in [6.45, 7) is 4.34. The van der Waals surface area contributed by atoms with E-state index in [1.807, 2.05) is 24.4 Å². The van der Waals surface area contributed by atoms with Gasteiger partial charge in [-0.3, -0.25) is 13.9 Å². The molecule has 48 heavy (non-hydrogen) atoms. The minimum Gasteiger partial charge on any atom is -0.628 e. The fraction of sp³-hybridized carbons (Fsp3) is 0.452. The van der Waals surface area contributed by atoms with Crippen molar-refractivity contribution < 1.29 is 23.4 Å². The average Bonchev–Trinajstić information content (AvgIpc) is 3.71. The van der Waals surface area contributed by atoms with E-state index in [1.165, 1.54) is 10.5 Å². The van der Waals surface area contributed by atoms with Crippen molar-refractivity contribution in [1.82, 2.24) is 34.1 Å². The van der Waals surface area contributed by atoms with Crippen molar-refractivity contribution in [2.45, 2.75) is 50.8 Å². The number of aromatic nitrogens is 7. The molecule has 2 fully saturated rings. The Hall–Kier alpha value is -4.58. The Morgan fingerprint density at radius 2 is 1.90 bits per heavy atom. The number of fused-ring (bicyclic) bond motifs is 2. The first kappa shape index (κ1) is 32.0. The fourth-order valence-corrected chi connectivity index (χ4v) is 7.74. The van der Waals surface area contributed by atoms with Gasteiger partial charge in [-0.05, 0) is 44.7 Å². The molecule has 2 aliphatic rings. The fourth-order valence-electron chi connectivity index (χ4n) is 6.58. The lowest BCUT2D eigenvalue weighted by Gasteiger charge is -2.31. The standard InChI is InChI=1S/C31H39N11O5S/c1-20(26-19-33-31(38-43)39(26)2)42(48(3,44)45)22-16-24-25(32-18-22)17-29(40-12-14-46-15-13-40)37-30(24)47-23-6-4-21(5-7-23)35-27-9-11-41-28(36-27)8-10-34-41/h8-11,16-21,23H,4-7,12-15,38H2,1-3H3,(H,35,36). The van der Waals surface area contributed by atoms with Gasteiger partial charge in [0.2, 0.25) is 15.9 Å². The SMILES string of the molecule is CC(c1cnc([NH2+][O-])n1C)N(c1cnc2cc(N3CCOCC3)nc(OC3CCC(Nc4ccn5nccc5n4)CC3)c2c1)S(C)(=O)=O. The average molecular weight is 678 g/mol. The van der Waals surface area contributed by atoms with Crippen molar-refractivity contribution in [2.24, 2.45) is 7.05 Å². The van der Waals surface area contributed by atoms with Gasteiger partial charge in [-0.1, -0.05) is 0 Å². The molecule has 3 N–H and O–H groups in total. The third kappa shape index (κ3) is 6.45. The van der Waals surface area contributed by atoms with E-state index < -0.39 is 16.1 Å². The van der Waals surface area contributed by atoms with Gasteiger partial charge in [0.25, 0.3) is 0 Å². The number of morpholine rings is 1. The largest absolute Gasteiger partial charge is 0.628 e. The molecule has 0 radical (unpaired) electrons. The molecule has 1 aliphatic heterocycles. The first-order valence-corrected chi connectivity index (χ1v) is 17.9. The Bertz CT molecular complexity index is 2020. The van der Waals surface area contributed by atoms with Gasteiger partial charge >= 0.3 is 5.95 Å². The van der Waals surface area contributed by atoms with Crippen LogP contribution in [0.1, 0.15) is 44.3 Å². The molecule has 0 amide bonds. The van der Waals surface area contributed by atoms with Gasteiger partial charge in [0.15, 0.2) is 5.65 Å². The van der Waals surface area contributed by atoms with Crippen LogP contribution in [0.25, 0.3) is 16.6 Å². The molecule has 1 saturated heterocycles. The van der Waals surface area contributed by atoms with Crippen molar-refractivity contribution in [3.8, 4) is 5.88 Å². The molecule has 1 atom stereocenters. The summed E-state index contributed by atoms with van der Waals surface area (Å²) in [5.74, 6) is 2.17. The van der Waals surface area contributed by atoms with E-state index in [4.69, 9.17) is 19.4 Å². The molecule has 5 aromatic heterocycles. The summed E-state index contributed by atoms with van der Waals surface area (Å²) in [5.41, 5.74) is 2.99. The molecule has 254 valence electrons. The van der Waals surface area contributed by atoms with Gasteiger partial charge in [0, 0.05) is 44.5 Å². The Morgan fingerprint density at radius 1 is 1.10 bits per heavy atom. The van der Waals surface area contributed by atoms with Crippen LogP contribution in [0.3, 0.4) is 0 Å². The van der Waals surface area contributed by atoms with Crippen LogP contribution in [-0.4, -0.2) is 87.2 Å². The normalized spacial score (nSPS) is 19.5. The lowest BCUT2D eigenvalue weighted by molar-refractivity contribution is -0.507. The van der Waals surface area contributed by atoms with Gasteiger partial charge in [0.1, 0.15) is 17.7 Å². The van der Waals surface area contributed by atoms with Crippen LogP contribution in [-0.2, 0) is 21.8 Å². The number of hydrogen-bond donors (Lipinski definition) is 2. The Kier molecular flexibility index (Phi) is 8.76. The summed E-state index contributed by atoms with van der Waals surface area (Å²) in [7, 11) is -2.11. The topological polar surface area (TPSA) is 185 Å². The van der Waals surface area contributed by atoms with Crippen molar-refractivity contribution in [3.05, 3.63) is 60.0 Å². The van der Waals surface area contributed by atoms with E-state index in [1.54, 1.807) is 41.5 Å². The summed E-state index contributed by atoms with van der Waals surface area (Å²) in [6.07, 6.45) is 11.1. The van der Waals surface area contributed by atoms with E-state index in [0.29, 0.717) is 59.9 Å². The summed E-state index contributed by atoms with van der Waals surface area (Å²) in [6, 6.07) is 7.05. The molecule has 0 aromatic carbocycles. The highest BCUT2D eigenvalue weighted by Gasteiger charge is 2.30. The maximum atomic E-state index is 13.3. The molecular formula is C31H39N11O5S. The second kappa shape index (κ2) is 13.1. The van der Waals surface area contributed by atoms with E-state index in [2.05, 4.69) is 25.3 Å². The van der Waals surface area contributed by atoms with Crippen LogP contribution in [0.15, 0.2) is 49.1 Å². The van der Waals surface area contributed by atoms with E-state index in [9.17, 15) is 13.6 Å². The molecule has 1 saturated carbocycles. The zero-order valence-electron chi connectivity index (χ0n) is 27.1. The van der Waals surface area contributed by atoms with Crippen molar-refractivity contribution in [2.75, 3.05) is 47.1 Å². The molecule has 6 heterocycles. The van der Waals surface area contributed by atoms with Crippen LogP contribution in [0.4, 0.5) is 23.3 Å². The third-order valence-electron chi connectivity index (χ3n) is 9.07. The van der Waals surface area contributed by atoms with E-state index in [0.717, 1.165) is 49.2 Å². The predicted molar refractivity (Wildman–Crippen MR) is 180 cm³/mol. The number of pyridine rings is 2. The predicted octanol–water partition coefficient (Wildman–Crippen LogP) is 2.26. The first-order valence-electron chi connectivity index (χ1n) is 16.0. The maximum absolute atomic E-state index is 13.3. The highest BCUT2D eigenvalue weighted by atomic mass is 32.2. The monoisotopic (exact) mass is 677 g/mol. The quantitative estimate of drug-likeness (QED) is 0.206. The number of quaternary nitrogens is 1. The zero-order valence-corrected chi connectivity index (χ0v) is 27.9. The summed E-state index contributed by atoms with van der Waals surface area (Å²) < 4.78 is 43.4. The Labute approximate surface area is 277 Å². The lowest BCUT2D eigenvalue weighted by Crippen LogP contribution is -2.71. The van der Waals surface area contributed by atoms with E-state index in [-0.39, 0.29) is 18.1 Å². The summed E-state index contributed by atoms with van der Waals surface area (Å²) >= 11 is 0. The smallest absolute Gasteiger partial charge is 0.305 e. The number of hydrogen-bond acceptors (Lipinski definition) is 12. The van der Waals surface area contributed by atoms with Crippen LogP contribution >= 0.6 is 0 Å². The molecule has 17 heteroatoms. The van der Waals surface area contributed by atoms with Crippen molar-refractivity contribution >= 4 is 49.8 Å². The number of nitrogens with two attached hydrogens (primary N) is 1. The van der Waals surface area contributed by atoms with Crippen molar-refractivity contribution in [1.29, 1.82) is 0 Å². The van der Waals surface area contributed by atoms with Crippen LogP contribution in [0.2, 0.25) is 0 Å². The van der Waals surface area contributed by atoms with E-state index >= 15 is 0 Å².